The average molecular weight is 162 g/mol. The van der Waals surface area contributed by atoms with Crippen molar-refractivity contribution in [2.75, 3.05) is 7.11 Å². The maximum absolute atomic E-state index is 9.39. The van der Waals surface area contributed by atoms with E-state index in [9.17, 15) is 5.11 Å². The van der Waals surface area contributed by atoms with E-state index in [1.165, 1.54) is 7.11 Å². The summed E-state index contributed by atoms with van der Waals surface area (Å²) in [5.74, 6) is 0. The minimum atomic E-state index is -0.807. The van der Waals surface area contributed by atoms with Crippen LogP contribution in [0.15, 0.2) is 0 Å². The standard InChI is InChI=1S/C7H14O4/c1-4-7(9)5(10-2)3-6(8)11-4/h4-9H,3H2,1-2H3/t4-,5-,6+,7+/m0/s1. The first-order chi connectivity index (χ1) is 5.15. The smallest absolute Gasteiger partial charge is 0.157 e. The molecule has 0 spiro atoms. The summed E-state index contributed by atoms with van der Waals surface area (Å²) < 4.78 is 9.91. The molecule has 1 saturated heterocycles. The lowest BCUT2D eigenvalue weighted by Gasteiger charge is -2.34. The minimum absolute atomic E-state index is 0.311. The lowest BCUT2D eigenvalue weighted by atomic mass is 10.0. The lowest BCUT2D eigenvalue weighted by molar-refractivity contribution is -0.231. The SMILES string of the molecule is CO[C@H]1C[C@H](O)O[C@@H](C)[C@H]1O. The Morgan fingerprint density at radius 3 is 2.64 bits per heavy atom. The number of aliphatic hydroxyl groups is 2. The van der Waals surface area contributed by atoms with Crippen molar-refractivity contribution in [2.24, 2.45) is 0 Å². The third-order valence-corrected chi connectivity index (χ3v) is 1.97. The van der Waals surface area contributed by atoms with Crippen LogP contribution in [0.4, 0.5) is 0 Å². The first-order valence-corrected chi connectivity index (χ1v) is 3.69. The van der Waals surface area contributed by atoms with Gasteiger partial charge in [0.2, 0.25) is 0 Å². The first-order valence-electron chi connectivity index (χ1n) is 3.69. The van der Waals surface area contributed by atoms with Crippen LogP contribution >= 0.6 is 0 Å². The summed E-state index contributed by atoms with van der Waals surface area (Å²) in [7, 11) is 1.51. The van der Waals surface area contributed by atoms with Crippen molar-refractivity contribution in [1.29, 1.82) is 0 Å². The van der Waals surface area contributed by atoms with E-state index in [4.69, 9.17) is 14.6 Å². The highest BCUT2D eigenvalue weighted by Crippen LogP contribution is 2.20. The number of aliphatic hydroxyl groups excluding tert-OH is 2. The molecule has 0 aliphatic carbocycles. The van der Waals surface area contributed by atoms with E-state index >= 15 is 0 Å². The normalized spacial score (nSPS) is 45.8. The molecular weight excluding hydrogens is 148 g/mol. The fraction of sp³-hybridized carbons (Fsp3) is 1.00. The molecule has 0 amide bonds. The number of rotatable bonds is 1. The fourth-order valence-electron chi connectivity index (χ4n) is 1.26. The molecular formula is C7H14O4. The van der Waals surface area contributed by atoms with Crippen LogP contribution in [-0.2, 0) is 9.47 Å². The Morgan fingerprint density at radius 1 is 1.45 bits per heavy atom. The minimum Gasteiger partial charge on any atom is -0.388 e. The van der Waals surface area contributed by atoms with E-state index in [0.717, 1.165) is 0 Å². The van der Waals surface area contributed by atoms with Crippen molar-refractivity contribution in [3.05, 3.63) is 0 Å². The van der Waals surface area contributed by atoms with E-state index in [0.29, 0.717) is 6.42 Å². The molecule has 4 atom stereocenters. The van der Waals surface area contributed by atoms with Gasteiger partial charge in [-0.05, 0) is 6.92 Å². The molecule has 1 rings (SSSR count). The van der Waals surface area contributed by atoms with Gasteiger partial charge in [0.25, 0.3) is 0 Å². The Morgan fingerprint density at radius 2 is 2.09 bits per heavy atom. The number of hydrogen-bond acceptors (Lipinski definition) is 4. The second kappa shape index (κ2) is 3.49. The van der Waals surface area contributed by atoms with Crippen LogP contribution in [-0.4, -0.2) is 41.9 Å². The largest absolute Gasteiger partial charge is 0.388 e. The molecule has 11 heavy (non-hydrogen) atoms. The van der Waals surface area contributed by atoms with Crippen molar-refractivity contribution in [1.82, 2.24) is 0 Å². The van der Waals surface area contributed by atoms with E-state index in [2.05, 4.69) is 0 Å². The van der Waals surface area contributed by atoms with Gasteiger partial charge in [-0.1, -0.05) is 0 Å². The highest BCUT2D eigenvalue weighted by atomic mass is 16.6. The van der Waals surface area contributed by atoms with Crippen molar-refractivity contribution < 1.29 is 19.7 Å². The monoisotopic (exact) mass is 162 g/mol. The highest BCUT2D eigenvalue weighted by molar-refractivity contribution is 4.80. The van der Waals surface area contributed by atoms with Crippen molar-refractivity contribution in [3.63, 3.8) is 0 Å². The molecule has 0 bridgehead atoms. The van der Waals surface area contributed by atoms with Crippen LogP contribution in [0.25, 0.3) is 0 Å². The van der Waals surface area contributed by atoms with Gasteiger partial charge >= 0.3 is 0 Å². The molecule has 4 nitrogen and oxygen atoms in total. The zero-order valence-electron chi connectivity index (χ0n) is 6.73. The molecule has 66 valence electrons. The van der Waals surface area contributed by atoms with Gasteiger partial charge in [-0.25, -0.2) is 0 Å². The second-order valence-corrected chi connectivity index (χ2v) is 2.80. The van der Waals surface area contributed by atoms with Gasteiger partial charge in [0, 0.05) is 13.5 Å². The zero-order chi connectivity index (χ0) is 8.43. The molecule has 1 fully saturated rings. The molecule has 0 unspecified atom stereocenters. The predicted octanol–water partition coefficient (Wildman–Crippen LogP) is -0.510. The van der Waals surface area contributed by atoms with Gasteiger partial charge < -0.3 is 19.7 Å². The number of methoxy groups -OCH3 is 1. The van der Waals surface area contributed by atoms with Crippen LogP contribution in [0.2, 0.25) is 0 Å². The Kier molecular flexibility index (Phi) is 2.84. The van der Waals surface area contributed by atoms with Gasteiger partial charge in [0.1, 0.15) is 6.10 Å². The quantitative estimate of drug-likeness (QED) is 0.545. The first kappa shape index (κ1) is 8.93. The second-order valence-electron chi connectivity index (χ2n) is 2.80. The number of ether oxygens (including phenoxy) is 2. The van der Waals surface area contributed by atoms with Gasteiger partial charge in [-0.2, -0.15) is 0 Å². The summed E-state index contributed by atoms with van der Waals surface area (Å²) >= 11 is 0. The van der Waals surface area contributed by atoms with Crippen molar-refractivity contribution in [2.45, 2.75) is 37.9 Å². The summed E-state index contributed by atoms with van der Waals surface area (Å²) in [6.07, 6.45) is -1.78. The topological polar surface area (TPSA) is 58.9 Å². The molecule has 0 aromatic heterocycles. The highest BCUT2D eigenvalue weighted by Gasteiger charge is 2.34. The maximum atomic E-state index is 9.39. The average Bonchev–Trinajstić information content (AvgIpc) is 1.96. The van der Waals surface area contributed by atoms with E-state index in [-0.39, 0.29) is 12.2 Å². The summed E-state index contributed by atoms with van der Waals surface area (Å²) in [6.45, 7) is 1.71. The van der Waals surface area contributed by atoms with Gasteiger partial charge in [-0.3, -0.25) is 0 Å². The third kappa shape index (κ3) is 1.90. The van der Waals surface area contributed by atoms with Crippen molar-refractivity contribution in [3.8, 4) is 0 Å². The predicted molar refractivity (Wildman–Crippen MR) is 38.0 cm³/mol. The van der Waals surface area contributed by atoms with Gasteiger partial charge in [0.05, 0.1) is 12.2 Å². The fourth-order valence-corrected chi connectivity index (χ4v) is 1.26. The van der Waals surface area contributed by atoms with Crippen LogP contribution in [0, 0.1) is 0 Å². The van der Waals surface area contributed by atoms with E-state index in [1.807, 2.05) is 0 Å². The Balaban J connectivity index is 2.51. The molecule has 0 saturated carbocycles. The molecule has 2 N–H and O–H groups in total. The molecule has 0 radical (unpaired) electrons. The lowest BCUT2D eigenvalue weighted by Crippen LogP contribution is -2.47. The maximum Gasteiger partial charge on any atom is 0.157 e. The molecule has 4 heteroatoms. The van der Waals surface area contributed by atoms with E-state index < -0.39 is 12.4 Å². The Labute approximate surface area is 65.7 Å². The third-order valence-electron chi connectivity index (χ3n) is 1.97. The van der Waals surface area contributed by atoms with Gasteiger partial charge in [0.15, 0.2) is 6.29 Å². The van der Waals surface area contributed by atoms with Crippen molar-refractivity contribution >= 4 is 0 Å². The summed E-state index contributed by atoms with van der Waals surface area (Å²) in [5.41, 5.74) is 0. The van der Waals surface area contributed by atoms with Crippen LogP contribution in [0.5, 0.6) is 0 Å². The number of hydrogen-bond donors (Lipinski definition) is 2. The van der Waals surface area contributed by atoms with Crippen LogP contribution in [0.3, 0.4) is 0 Å². The summed E-state index contributed by atoms with van der Waals surface area (Å²) in [6, 6.07) is 0. The van der Waals surface area contributed by atoms with Crippen LogP contribution < -0.4 is 0 Å². The molecule has 0 aromatic carbocycles. The van der Waals surface area contributed by atoms with Gasteiger partial charge in [-0.15, -0.1) is 0 Å². The summed E-state index contributed by atoms with van der Waals surface area (Å²) in [4.78, 5) is 0. The van der Waals surface area contributed by atoms with E-state index in [1.54, 1.807) is 6.92 Å². The molecule has 1 aliphatic rings. The zero-order valence-corrected chi connectivity index (χ0v) is 6.73. The molecule has 1 heterocycles. The molecule has 1 aliphatic heterocycles. The molecule has 0 aromatic rings. The Hall–Kier alpha value is -0.160. The van der Waals surface area contributed by atoms with Crippen LogP contribution in [0.1, 0.15) is 13.3 Å². The summed E-state index contributed by atoms with van der Waals surface area (Å²) in [5, 5.41) is 18.5. The Bertz CT molecular complexity index is 128.